The lowest BCUT2D eigenvalue weighted by Crippen LogP contribution is -2.56. The van der Waals surface area contributed by atoms with Crippen LogP contribution in [0.25, 0.3) is 0 Å². The zero-order valence-corrected chi connectivity index (χ0v) is 16.8. The fourth-order valence-electron chi connectivity index (χ4n) is 7.46. The number of hydrogen-bond acceptors (Lipinski definition) is 4. The van der Waals surface area contributed by atoms with Crippen molar-refractivity contribution in [3.8, 4) is 0 Å². The van der Waals surface area contributed by atoms with Crippen molar-refractivity contribution in [2.24, 2.45) is 40.4 Å². The van der Waals surface area contributed by atoms with Crippen molar-refractivity contribution in [3.05, 3.63) is 12.2 Å². The van der Waals surface area contributed by atoms with Gasteiger partial charge < -0.3 is 4.74 Å². The minimum Gasteiger partial charge on any atom is -0.458 e. The number of hydrogen-bond donors (Lipinski definition) is 0. The minimum atomic E-state index is -0.417. The van der Waals surface area contributed by atoms with Gasteiger partial charge in [-0.05, 0) is 67.1 Å². The van der Waals surface area contributed by atoms with Crippen LogP contribution in [0.5, 0.6) is 0 Å². The molecular weight excluding hydrogens is 340 g/mol. The maximum atomic E-state index is 13.4. The van der Waals surface area contributed by atoms with Gasteiger partial charge in [0.25, 0.3) is 0 Å². The van der Waals surface area contributed by atoms with E-state index in [4.69, 9.17) is 4.74 Å². The molecule has 4 aliphatic carbocycles. The van der Waals surface area contributed by atoms with E-state index in [1.807, 2.05) is 0 Å². The Morgan fingerprint density at radius 2 is 1.89 bits per heavy atom. The molecule has 0 N–H and O–H groups in total. The molecule has 4 rings (SSSR count). The van der Waals surface area contributed by atoms with Gasteiger partial charge in [-0.1, -0.05) is 26.0 Å². The highest BCUT2D eigenvalue weighted by Gasteiger charge is 2.63. The molecule has 3 saturated carbocycles. The number of carbonyl (C=O) groups is 3. The maximum absolute atomic E-state index is 13.4. The summed E-state index contributed by atoms with van der Waals surface area (Å²) in [5.74, 6) is 1.45. The van der Waals surface area contributed by atoms with Gasteiger partial charge in [-0.2, -0.15) is 0 Å². The first-order valence-electron chi connectivity index (χ1n) is 10.6. The van der Waals surface area contributed by atoms with Crippen molar-refractivity contribution in [1.82, 2.24) is 0 Å². The molecule has 4 aliphatic rings. The fraction of sp³-hybridized carbons (Fsp3) is 0.783. The number of allylic oxidation sites excluding steroid dienone is 2. The van der Waals surface area contributed by atoms with Crippen LogP contribution in [0.3, 0.4) is 0 Å². The molecule has 0 aliphatic heterocycles. The van der Waals surface area contributed by atoms with E-state index in [1.54, 1.807) is 0 Å². The second-order valence-electron chi connectivity index (χ2n) is 9.96. The highest BCUT2D eigenvalue weighted by atomic mass is 16.5. The Bertz CT molecular complexity index is 694. The first-order chi connectivity index (χ1) is 12.8. The minimum absolute atomic E-state index is 0.00180. The van der Waals surface area contributed by atoms with E-state index >= 15 is 0 Å². The van der Waals surface area contributed by atoms with Crippen LogP contribution in [0.1, 0.15) is 65.7 Å². The van der Waals surface area contributed by atoms with E-state index in [9.17, 15) is 14.4 Å². The number of Topliss-reactive ketones (excluding diaryl/α,β-unsaturated/α-hetero) is 2. The summed E-state index contributed by atoms with van der Waals surface area (Å²) in [5, 5.41) is 0. The van der Waals surface area contributed by atoms with Crippen LogP contribution in [0.2, 0.25) is 0 Å². The number of esters is 1. The molecule has 0 aromatic heterocycles. The molecule has 0 amide bonds. The Labute approximate surface area is 162 Å². The SMILES string of the molecule is CC(=O)OCC(=O)[C@H]1CC[C@H]2[C@@H]3CC[C@H]4CC=CC[C@]4(C)[C@H]3C(=O)C[C@]12C. The van der Waals surface area contributed by atoms with Crippen molar-refractivity contribution < 1.29 is 19.1 Å². The molecule has 4 heteroatoms. The van der Waals surface area contributed by atoms with Crippen molar-refractivity contribution in [2.45, 2.75) is 65.7 Å². The molecule has 0 aromatic carbocycles. The summed E-state index contributed by atoms with van der Waals surface area (Å²) in [7, 11) is 0. The average Bonchev–Trinajstić information content (AvgIpc) is 2.95. The van der Waals surface area contributed by atoms with E-state index in [2.05, 4.69) is 26.0 Å². The van der Waals surface area contributed by atoms with Gasteiger partial charge in [0.05, 0.1) is 0 Å². The van der Waals surface area contributed by atoms with Gasteiger partial charge in [-0.25, -0.2) is 0 Å². The van der Waals surface area contributed by atoms with Crippen molar-refractivity contribution in [1.29, 1.82) is 0 Å². The lowest BCUT2D eigenvalue weighted by atomic mass is 9.45. The summed E-state index contributed by atoms with van der Waals surface area (Å²) in [5.41, 5.74) is -0.168. The van der Waals surface area contributed by atoms with Gasteiger partial charge in [0, 0.05) is 25.2 Å². The Balaban J connectivity index is 1.60. The van der Waals surface area contributed by atoms with E-state index < -0.39 is 5.97 Å². The summed E-state index contributed by atoms with van der Waals surface area (Å²) in [4.78, 5) is 37.3. The first-order valence-corrected chi connectivity index (χ1v) is 10.6. The summed E-state index contributed by atoms with van der Waals surface area (Å²) in [6.07, 6.45) is 11.4. The predicted molar refractivity (Wildman–Crippen MR) is 102 cm³/mol. The van der Waals surface area contributed by atoms with Crippen LogP contribution in [-0.2, 0) is 19.1 Å². The third-order valence-corrected chi connectivity index (χ3v) is 8.70. The molecule has 0 saturated heterocycles. The lowest BCUT2D eigenvalue weighted by Gasteiger charge is -2.58. The van der Waals surface area contributed by atoms with Crippen LogP contribution >= 0.6 is 0 Å². The molecule has 4 nitrogen and oxygen atoms in total. The van der Waals surface area contributed by atoms with Gasteiger partial charge in [0.15, 0.2) is 5.78 Å². The molecule has 7 atom stereocenters. The maximum Gasteiger partial charge on any atom is 0.303 e. The number of fused-ring (bicyclic) bond motifs is 5. The molecule has 0 heterocycles. The van der Waals surface area contributed by atoms with Gasteiger partial charge in [-0.3, -0.25) is 14.4 Å². The zero-order chi connectivity index (χ0) is 19.4. The number of ether oxygens (including phenoxy) is 1. The third kappa shape index (κ3) is 2.82. The van der Waals surface area contributed by atoms with Crippen LogP contribution in [-0.4, -0.2) is 24.1 Å². The largest absolute Gasteiger partial charge is 0.458 e. The average molecular weight is 373 g/mol. The molecule has 0 unspecified atom stereocenters. The third-order valence-electron chi connectivity index (χ3n) is 8.70. The Kier molecular flexibility index (Phi) is 4.59. The van der Waals surface area contributed by atoms with Crippen LogP contribution in [0, 0.1) is 40.4 Å². The van der Waals surface area contributed by atoms with E-state index in [1.165, 1.54) is 13.3 Å². The number of ketones is 2. The highest BCUT2D eigenvalue weighted by molar-refractivity contribution is 5.89. The Morgan fingerprint density at radius 3 is 2.63 bits per heavy atom. The number of carbonyl (C=O) groups excluding carboxylic acids is 3. The Morgan fingerprint density at radius 1 is 1.11 bits per heavy atom. The van der Waals surface area contributed by atoms with E-state index in [0.717, 1.165) is 32.1 Å². The smallest absolute Gasteiger partial charge is 0.303 e. The quantitative estimate of drug-likeness (QED) is 0.552. The van der Waals surface area contributed by atoms with Crippen molar-refractivity contribution >= 4 is 17.5 Å². The summed E-state index contributed by atoms with van der Waals surface area (Å²) in [6, 6.07) is 0. The fourth-order valence-corrected chi connectivity index (χ4v) is 7.46. The highest BCUT2D eigenvalue weighted by Crippen LogP contribution is 2.65. The lowest BCUT2D eigenvalue weighted by molar-refractivity contribution is -0.158. The second kappa shape index (κ2) is 6.56. The number of rotatable bonds is 3. The first kappa shape index (κ1) is 18.9. The standard InChI is InChI=1S/C23H32O4/c1-14(24)27-13-20(26)18-10-9-17-16-8-7-15-6-4-5-11-22(15,2)21(16)19(25)12-23(17,18)3/h4-5,15-18,21H,6-13H2,1-3H3/t15-,16+,17+,18-,21-,22+,23+/m1/s1. The molecule has 0 spiro atoms. The van der Waals surface area contributed by atoms with Gasteiger partial charge in [0.2, 0.25) is 0 Å². The van der Waals surface area contributed by atoms with Gasteiger partial charge >= 0.3 is 5.97 Å². The van der Waals surface area contributed by atoms with Gasteiger partial charge in [0.1, 0.15) is 12.4 Å². The molecule has 0 radical (unpaired) electrons. The molecule has 148 valence electrons. The molecule has 3 fully saturated rings. The molecular formula is C23H32O4. The predicted octanol–water partition coefficient (Wildman–Crippen LogP) is 4.12. The summed E-state index contributed by atoms with van der Waals surface area (Å²) >= 11 is 0. The summed E-state index contributed by atoms with van der Waals surface area (Å²) in [6.45, 7) is 5.69. The summed E-state index contributed by atoms with van der Waals surface area (Å²) < 4.78 is 4.98. The molecule has 27 heavy (non-hydrogen) atoms. The van der Waals surface area contributed by atoms with Crippen molar-refractivity contribution in [2.75, 3.05) is 6.61 Å². The molecule has 0 bridgehead atoms. The van der Waals surface area contributed by atoms with E-state index in [-0.39, 0.29) is 35.1 Å². The van der Waals surface area contributed by atoms with Crippen LogP contribution < -0.4 is 0 Å². The van der Waals surface area contributed by atoms with E-state index in [0.29, 0.717) is 30.0 Å². The Hall–Kier alpha value is -1.45. The zero-order valence-electron chi connectivity index (χ0n) is 16.8. The van der Waals surface area contributed by atoms with Crippen LogP contribution in [0.15, 0.2) is 12.2 Å². The monoisotopic (exact) mass is 372 g/mol. The molecule has 0 aromatic rings. The normalized spacial score (nSPS) is 45.6. The van der Waals surface area contributed by atoms with Gasteiger partial charge in [-0.15, -0.1) is 0 Å². The topological polar surface area (TPSA) is 60.4 Å². The van der Waals surface area contributed by atoms with Crippen molar-refractivity contribution in [3.63, 3.8) is 0 Å². The second-order valence-corrected chi connectivity index (χ2v) is 9.96. The van der Waals surface area contributed by atoms with Crippen LogP contribution in [0.4, 0.5) is 0 Å².